The van der Waals surface area contributed by atoms with Crippen molar-refractivity contribution in [1.29, 1.82) is 0 Å². The normalized spacial score (nSPS) is 4.80. The standard InChI is InChI=1S/Cu.HNO3/c;2-1(3)4/h;(H,2,3,4)/q+2;. The molecule has 33 valence electrons. The number of rotatable bonds is 0. The van der Waals surface area contributed by atoms with Crippen LogP contribution in [0.2, 0.25) is 0 Å². The summed E-state index contributed by atoms with van der Waals surface area (Å²) < 4.78 is 0. The van der Waals surface area contributed by atoms with Gasteiger partial charge in [-0.2, -0.15) is 0 Å². The fourth-order valence-electron chi connectivity index (χ4n) is 0. The van der Waals surface area contributed by atoms with E-state index in [2.05, 4.69) is 0 Å². The van der Waals surface area contributed by atoms with E-state index in [1.807, 2.05) is 0 Å². The van der Waals surface area contributed by atoms with Gasteiger partial charge in [-0.3, -0.25) is 0 Å². The van der Waals surface area contributed by atoms with Crippen LogP contribution in [0.15, 0.2) is 0 Å². The Balaban J connectivity index is 0. The molecule has 0 aliphatic heterocycles. The van der Waals surface area contributed by atoms with Gasteiger partial charge in [0.2, 0.25) is 0 Å². The van der Waals surface area contributed by atoms with Gasteiger partial charge in [0.25, 0.3) is 5.09 Å². The third-order valence-electron chi connectivity index (χ3n) is 0. The Morgan fingerprint density at radius 2 is 1.80 bits per heavy atom. The van der Waals surface area contributed by atoms with E-state index in [0.29, 0.717) is 0 Å². The third kappa shape index (κ3) is 140. The molecular weight excluding hydrogens is 126 g/mol. The molecule has 0 unspecified atom stereocenters. The Morgan fingerprint density at radius 1 is 1.80 bits per heavy atom. The first-order chi connectivity index (χ1) is 1.73. The van der Waals surface area contributed by atoms with E-state index in [9.17, 15) is 0 Å². The quantitative estimate of drug-likeness (QED) is 0.274. The predicted molar refractivity (Wildman–Crippen MR) is 8.78 cm³/mol. The summed E-state index contributed by atoms with van der Waals surface area (Å²) in [4.78, 5) is 8.36. The van der Waals surface area contributed by atoms with Gasteiger partial charge in [-0.05, 0) is 0 Å². The van der Waals surface area contributed by atoms with Crippen LogP contribution in [-0.4, -0.2) is 10.3 Å². The fourth-order valence-corrected chi connectivity index (χ4v) is 0. The molecule has 0 saturated carbocycles. The summed E-state index contributed by atoms with van der Waals surface area (Å²) in [6.45, 7) is 0. The van der Waals surface area contributed by atoms with Crippen LogP contribution in [0.3, 0.4) is 0 Å². The van der Waals surface area contributed by atoms with Crippen LogP contribution < -0.4 is 0 Å². The van der Waals surface area contributed by atoms with Crippen molar-refractivity contribution in [2.75, 3.05) is 0 Å². The molecule has 0 heterocycles. The second-order valence-corrected chi connectivity index (χ2v) is 0.238. The van der Waals surface area contributed by atoms with E-state index in [4.69, 9.17) is 15.3 Å². The topological polar surface area (TPSA) is 63.4 Å². The maximum Gasteiger partial charge on any atom is 2.00 e. The Morgan fingerprint density at radius 3 is 1.80 bits per heavy atom. The molecule has 0 aliphatic carbocycles. The molecule has 0 aromatic heterocycles. The number of hydrogen-bond acceptors (Lipinski definition) is 2. The van der Waals surface area contributed by atoms with Gasteiger partial charge in [0.1, 0.15) is 0 Å². The van der Waals surface area contributed by atoms with Gasteiger partial charge in [0.05, 0.1) is 0 Å². The average Bonchev–Trinajstić information content (AvgIpc) is 0.811. The van der Waals surface area contributed by atoms with Gasteiger partial charge in [0.15, 0.2) is 0 Å². The van der Waals surface area contributed by atoms with Crippen LogP contribution in [0.4, 0.5) is 0 Å². The summed E-state index contributed by atoms with van der Waals surface area (Å²) in [6.07, 6.45) is 0. The van der Waals surface area contributed by atoms with Gasteiger partial charge in [-0.1, -0.05) is 0 Å². The molecule has 0 amide bonds. The molecule has 0 aliphatic rings. The van der Waals surface area contributed by atoms with Crippen LogP contribution in [-0.2, 0) is 17.1 Å². The van der Waals surface area contributed by atoms with E-state index < -0.39 is 5.09 Å². The van der Waals surface area contributed by atoms with Crippen LogP contribution in [0.1, 0.15) is 0 Å². The van der Waals surface area contributed by atoms with Crippen molar-refractivity contribution in [2.45, 2.75) is 0 Å². The molecule has 4 nitrogen and oxygen atoms in total. The van der Waals surface area contributed by atoms with Crippen LogP contribution >= 0.6 is 0 Å². The van der Waals surface area contributed by atoms with Crippen molar-refractivity contribution in [3.05, 3.63) is 10.1 Å². The average molecular weight is 127 g/mol. The van der Waals surface area contributed by atoms with E-state index >= 15 is 0 Å². The molecule has 0 rings (SSSR count). The van der Waals surface area contributed by atoms with Gasteiger partial charge in [-0.25, -0.2) is 0 Å². The first-order valence-corrected chi connectivity index (χ1v) is 0.565. The zero-order chi connectivity index (χ0) is 3.58. The molecule has 0 bridgehead atoms. The van der Waals surface area contributed by atoms with Gasteiger partial charge >= 0.3 is 17.1 Å². The van der Waals surface area contributed by atoms with E-state index in [1.165, 1.54) is 0 Å². The Labute approximate surface area is 38.4 Å². The third-order valence-corrected chi connectivity index (χ3v) is 0. The Hall–Kier alpha value is -0.281. The first-order valence-electron chi connectivity index (χ1n) is 0.565. The van der Waals surface area contributed by atoms with Crippen molar-refractivity contribution in [3.63, 3.8) is 0 Å². The van der Waals surface area contributed by atoms with Crippen molar-refractivity contribution in [3.8, 4) is 0 Å². The number of nitrogens with zero attached hydrogens (tertiary/aromatic N) is 1. The maximum atomic E-state index is 8.36. The summed E-state index contributed by atoms with van der Waals surface area (Å²) in [7, 11) is 0. The molecule has 1 N–H and O–H groups in total. The molecule has 0 spiro atoms. The molecule has 5 heteroatoms. The summed E-state index contributed by atoms with van der Waals surface area (Å²) in [6, 6.07) is 0. The van der Waals surface area contributed by atoms with E-state index in [0.717, 1.165) is 0 Å². The summed E-state index contributed by atoms with van der Waals surface area (Å²) >= 11 is 0. The largest absolute Gasteiger partial charge is 2.00 e. The van der Waals surface area contributed by atoms with Crippen LogP contribution in [0, 0.1) is 10.1 Å². The Kier molecular flexibility index (Phi) is 6.57. The molecular formula is HCuNO3+2. The van der Waals surface area contributed by atoms with Crippen LogP contribution in [0.5, 0.6) is 0 Å². The zero-order valence-corrected chi connectivity index (χ0v) is 2.95. The van der Waals surface area contributed by atoms with Gasteiger partial charge in [0, 0.05) is 0 Å². The molecule has 5 heavy (non-hydrogen) atoms. The SMILES string of the molecule is O=[N+]([O-])O.[Cu+2]. The van der Waals surface area contributed by atoms with E-state index in [-0.39, 0.29) is 17.1 Å². The Bertz CT molecular complexity index is 29.9. The van der Waals surface area contributed by atoms with Crippen molar-refractivity contribution in [2.24, 2.45) is 0 Å². The summed E-state index contributed by atoms with van der Waals surface area (Å²) in [5, 5.41) is 13.6. The minimum absolute atomic E-state index is 0. The maximum absolute atomic E-state index is 8.36. The second-order valence-electron chi connectivity index (χ2n) is 0.238. The molecule has 0 aromatic carbocycles. The van der Waals surface area contributed by atoms with Crippen LogP contribution in [0.25, 0.3) is 0 Å². The molecule has 1 radical (unpaired) electrons. The second kappa shape index (κ2) is 3.72. The molecule has 0 aromatic rings. The smallest absolute Gasteiger partial charge is 0.328 e. The predicted octanol–water partition coefficient (Wildman–Crippen LogP) is -0.350. The zero-order valence-electron chi connectivity index (χ0n) is 2.01. The van der Waals surface area contributed by atoms with Crippen molar-refractivity contribution in [1.82, 2.24) is 0 Å². The fraction of sp³-hybridized carbons (Fsp3) is 0. The number of hydrogen-bond donors (Lipinski definition) is 1. The molecule has 0 fully saturated rings. The van der Waals surface area contributed by atoms with Crippen molar-refractivity contribution < 1.29 is 27.4 Å². The van der Waals surface area contributed by atoms with Gasteiger partial charge < -0.3 is 5.21 Å². The minimum Gasteiger partial charge on any atom is -0.328 e. The van der Waals surface area contributed by atoms with Crippen molar-refractivity contribution >= 4 is 0 Å². The van der Waals surface area contributed by atoms with Gasteiger partial charge in [-0.15, -0.1) is 10.1 Å². The summed E-state index contributed by atoms with van der Waals surface area (Å²) in [5.74, 6) is 0. The molecule has 0 saturated heterocycles. The van der Waals surface area contributed by atoms with E-state index in [1.54, 1.807) is 0 Å². The summed E-state index contributed by atoms with van der Waals surface area (Å²) in [5.41, 5.74) is 0. The molecule has 0 atom stereocenters. The monoisotopic (exact) mass is 126 g/mol. The minimum atomic E-state index is -1.50. The first kappa shape index (κ1) is 8.83.